The lowest BCUT2D eigenvalue weighted by Gasteiger charge is -2.31. The molecule has 1 aromatic rings. The number of benzene rings is 1. The lowest BCUT2D eigenvalue weighted by atomic mass is 10.1. The molecule has 1 aromatic carbocycles. The summed E-state index contributed by atoms with van der Waals surface area (Å²) in [5, 5.41) is 2.99. The second kappa shape index (κ2) is 11.2. The van der Waals surface area contributed by atoms with Crippen molar-refractivity contribution in [1.29, 1.82) is 0 Å². The van der Waals surface area contributed by atoms with Gasteiger partial charge >= 0.3 is 6.09 Å². The smallest absolute Gasteiger partial charge is 0.409 e. The van der Waals surface area contributed by atoms with E-state index in [1.807, 2.05) is 32.0 Å². The highest BCUT2D eigenvalue weighted by molar-refractivity contribution is 5.92. The monoisotopic (exact) mass is 390 g/mol. The Morgan fingerprint density at radius 1 is 1.07 bits per heavy atom. The van der Waals surface area contributed by atoms with Crippen LogP contribution in [0.2, 0.25) is 0 Å². The molecule has 0 aliphatic carbocycles. The second-order valence-electron chi connectivity index (χ2n) is 6.37. The SMILES string of the molecule is CCOC(=O)N1CCC(NC(=O)/C=C/c2ccc(OCC)c(OCC)c2)CC1. The van der Waals surface area contributed by atoms with Gasteiger partial charge in [0.15, 0.2) is 11.5 Å². The summed E-state index contributed by atoms with van der Waals surface area (Å²) in [5.41, 5.74) is 0.860. The van der Waals surface area contributed by atoms with Crippen LogP contribution in [0.15, 0.2) is 24.3 Å². The Bertz CT molecular complexity index is 681. The molecule has 7 heteroatoms. The molecule has 0 spiro atoms. The molecule has 0 radical (unpaired) electrons. The number of nitrogens with one attached hydrogen (secondary N) is 1. The second-order valence-corrected chi connectivity index (χ2v) is 6.37. The third kappa shape index (κ3) is 6.48. The normalized spacial score (nSPS) is 14.8. The minimum absolute atomic E-state index is 0.0575. The number of carbonyl (C=O) groups is 2. The molecule has 1 aliphatic rings. The van der Waals surface area contributed by atoms with E-state index in [0.717, 1.165) is 18.4 Å². The molecule has 154 valence electrons. The highest BCUT2D eigenvalue weighted by atomic mass is 16.6. The minimum atomic E-state index is -0.284. The third-order valence-corrected chi connectivity index (χ3v) is 4.36. The van der Waals surface area contributed by atoms with Gasteiger partial charge in [0.2, 0.25) is 5.91 Å². The summed E-state index contributed by atoms with van der Waals surface area (Å²) >= 11 is 0. The van der Waals surface area contributed by atoms with E-state index in [2.05, 4.69) is 5.32 Å². The van der Waals surface area contributed by atoms with Crippen molar-refractivity contribution in [2.45, 2.75) is 39.7 Å². The van der Waals surface area contributed by atoms with E-state index >= 15 is 0 Å². The number of hydrogen-bond donors (Lipinski definition) is 1. The van der Waals surface area contributed by atoms with Crippen molar-refractivity contribution >= 4 is 18.1 Å². The minimum Gasteiger partial charge on any atom is -0.490 e. The van der Waals surface area contributed by atoms with Gasteiger partial charge in [0.25, 0.3) is 0 Å². The summed E-state index contributed by atoms with van der Waals surface area (Å²) in [4.78, 5) is 25.6. The lowest BCUT2D eigenvalue weighted by molar-refractivity contribution is -0.117. The number of rotatable bonds is 8. The molecule has 2 amide bonds. The zero-order valence-corrected chi connectivity index (χ0v) is 16.9. The van der Waals surface area contributed by atoms with Crippen molar-refractivity contribution in [2.24, 2.45) is 0 Å². The van der Waals surface area contributed by atoms with Crippen LogP contribution in [0.4, 0.5) is 4.79 Å². The van der Waals surface area contributed by atoms with E-state index in [-0.39, 0.29) is 18.0 Å². The quantitative estimate of drug-likeness (QED) is 0.690. The van der Waals surface area contributed by atoms with Crippen LogP contribution >= 0.6 is 0 Å². The summed E-state index contributed by atoms with van der Waals surface area (Å²) in [6.45, 7) is 8.28. The maximum atomic E-state index is 12.2. The van der Waals surface area contributed by atoms with Gasteiger partial charge in [-0.05, 0) is 57.4 Å². The molecule has 1 fully saturated rings. The van der Waals surface area contributed by atoms with Gasteiger partial charge in [-0.15, -0.1) is 0 Å². The number of piperidine rings is 1. The number of ether oxygens (including phenoxy) is 3. The largest absolute Gasteiger partial charge is 0.490 e. The Kier molecular flexibility index (Phi) is 8.65. The van der Waals surface area contributed by atoms with E-state index in [0.29, 0.717) is 44.4 Å². The molecule has 1 N–H and O–H groups in total. The molecule has 0 bridgehead atoms. The zero-order chi connectivity index (χ0) is 20.4. The Morgan fingerprint density at radius 3 is 2.39 bits per heavy atom. The maximum Gasteiger partial charge on any atom is 0.409 e. The predicted molar refractivity (Wildman–Crippen MR) is 108 cm³/mol. The van der Waals surface area contributed by atoms with Crippen molar-refractivity contribution in [3.8, 4) is 11.5 Å². The van der Waals surface area contributed by atoms with Crippen LogP contribution < -0.4 is 14.8 Å². The lowest BCUT2D eigenvalue weighted by Crippen LogP contribution is -2.46. The molecule has 0 atom stereocenters. The van der Waals surface area contributed by atoms with E-state index in [4.69, 9.17) is 14.2 Å². The Labute approximate surface area is 166 Å². The summed E-state index contributed by atoms with van der Waals surface area (Å²) in [5.74, 6) is 1.21. The predicted octanol–water partition coefficient (Wildman–Crippen LogP) is 3.23. The average Bonchev–Trinajstić information content (AvgIpc) is 2.69. The molecular formula is C21H30N2O5. The number of likely N-dealkylation sites (tertiary alicyclic amines) is 1. The summed E-state index contributed by atoms with van der Waals surface area (Å²) in [6.07, 6.45) is 4.42. The van der Waals surface area contributed by atoms with Crippen molar-refractivity contribution in [3.05, 3.63) is 29.8 Å². The van der Waals surface area contributed by atoms with Gasteiger partial charge in [-0.3, -0.25) is 4.79 Å². The van der Waals surface area contributed by atoms with E-state index in [1.54, 1.807) is 17.9 Å². The number of carbonyl (C=O) groups excluding carboxylic acids is 2. The number of nitrogens with zero attached hydrogens (tertiary/aromatic N) is 1. The average molecular weight is 390 g/mol. The topological polar surface area (TPSA) is 77.1 Å². The fourth-order valence-corrected chi connectivity index (χ4v) is 3.01. The maximum absolute atomic E-state index is 12.2. The van der Waals surface area contributed by atoms with Crippen molar-refractivity contribution in [2.75, 3.05) is 32.9 Å². The standard InChI is InChI=1S/C21H30N2O5/c1-4-26-18-9-7-16(15-19(18)27-5-2)8-10-20(24)22-17-11-13-23(14-12-17)21(25)28-6-3/h7-10,15,17H,4-6,11-14H2,1-3H3,(H,22,24)/b10-8+. The molecule has 0 saturated carbocycles. The molecule has 1 saturated heterocycles. The van der Waals surface area contributed by atoms with E-state index in [1.165, 1.54) is 6.08 Å². The molecular weight excluding hydrogens is 360 g/mol. The molecule has 0 aromatic heterocycles. The van der Waals surface area contributed by atoms with E-state index < -0.39 is 0 Å². The van der Waals surface area contributed by atoms with Crippen LogP contribution in [-0.4, -0.2) is 55.9 Å². The van der Waals surface area contributed by atoms with Gasteiger partial charge in [0, 0.05) is 25.2 Å². The fourth-order valence-electron chi connectivity index (χ4n) is 3.01. The first-order valence-corrected chi connectivity index (χ1v) is 9.87. The Morgan fingerprint density at radius 2 is 1.75 bits per heavy atom. The highest BCUT2D eigenvalue weighted by Crippen LogP contribution is 2.29. The summed E-state index contributed by atoms with van der Waals surface area (Å²) in [6, 6.07) is 5.64. The molecule has 0 unspecified atom stereocenters. The van der Waals surface area contributed by atoms with Crippen LogP contribution in [0.3, 0.4) is 0 Å². The number of hydrogen-bond acceptors (Lipinski definition) is 5. The summed E-state index contributed by atoms with van der Waals surface area (Å²) in [7, 11) is 0. The first-order chi connectivity index (χ1) is 13.6. The van der Waals surface area contributed by atoms with Gasteiger partial charge in [0.05, 0.1) is 19.8 Å². The molecule has 1 heterocycles. The summed E-state index contributed by atoms with van der Waals surface area (Å²) < 4.78 is 16.2. The first-order valence-electron chi connectivity index (χ1n) is 9.87. The molecule has 1 aliphatic heterocycles. The molecule has 2 rings (SSSR count). The van der Waals surface area contributed by atoms with Gasteiger partial charge in [-0.25, -0.2) is 4.79 Å². The van der Waals surface area contributed by atoms with Crippen LogP contribution in [0.5, 0.6) is 11.5 Å². The van der Waals surface area contributed by atoms with Crippen LogP contribution in [0.25, 0.3) is 6.08 Å². The van der Waals surface area contributed by atoms with Crippen molar-refractivity contribution < 1.29 is 23.8 Å². The zero-order valence-electron chi connectivity index (χ0n) is 16.9. The fraction of sp³-hybridized carbons (Fsp3) is 0.524. The third-order valence-electron chi connectivity index (χ3n) is 4.36. The van der Waals surface area contributed by atoms with E-state index in [9.17, 15) is 9.59 Å². The molecule has 7 nitrogen and oxygen atoms in total. The van der Waals surface area contributed by atoms with Crippen molar-refractivity contribution in [3.63, 3.8) is 0 Å². The van der Waals surface area contributed by atoms with Crippen LogP contribution in [-0.2, 0) is 9.53 Å². The van der Waals surface area contributed by atoms with Gasteiger partial charge < -0.3 is 24.4 Å². The van der Waals surface area contributed by atoms with Crippen LogP contribution in [0.1, 0.15) is 39.2 Å². The number of amides is 2. The molecule has 28 heavy (non-hydrogen) atoms. The Balaban J connectivity index is 1.87. The Hall–Kier alpha value is -2.70. The van der Waals surface area contributed by atoms with Gasteiger partial charge in [-0.1, -0.05) is 6.07 Å². The van der Waals surface area contributed by atoms with Crippen molar-refractivity contribution in [1.82, 2.24) is 10.2 Å². The van der Waals surface area contributed by atoms with Gasteiger partial charge in [-0.2, -0.15) is 0 Å². The van der Waals surface area contributed by atoms with Crippen LogP contribution in [0, 0.1) is 0 Å². The van der Waals surface area contributed by atoms with Gasteiger partial charge in [0.1, 0.15) is 0 Å². The first kappa shape index (κ1) is 21.6. The highest BCUT2D eigenvalue weighted by Gasteiger charge is 2.24.